The van der Waals surface area contributed by atoms with Crippen molar-refractivity contribution < 1.29 is 5.11 Å². The molecular formula is C17H25NO. The van der Waals surface area contributed by atoms with E-state index in [0.717, 1.165) is 43.2 Å². The Balaban J connectivity index is 1.81. The summed E-state index contributed by atoms with van der Waals surface area (Å²) in [6, 6.07) is 6.38. The highest BCUT2D eigenvalue weighted by Gasteiger charge is 2.31. The molecule has 2 N–H and O–H groups in total. The van der Waals surface area contributed by atoms with Crippen molar-refractivity contribution in [1.82, 2.24) is 0 Å². The lowest BCUT2D eigenvalue weighted by atomic mass is 9.72. The number of hydrogen-bond acceptors (Lipinski definition) is 2. The molecule has 3 rings (SSSR count). The zero-order valence-corrected chi connectivity index (χ0v) is 12.0. The topological polar surface area (TPSA) is 32.3 Å². The van der Waals surface area contributed by atoms with E-state index in [1.54, 1.807) is 0 Å². The van der Waals surface area contributed by atoms with Crippen LogP contribution in [0.2, 0.25) is 0 Å². The minimum atomic E-state index is -0.296. The fourth-order valence-electron chi connectivity index (χ4n) is 3.74. The first-order valence-corrected chi connectivity index (χ1v) is 7.70. The van der Waals surface area contributed by atoms with Crippen molar-refractivity contribution in [2.75, 3.05) is 11.9 Å². The molecule has 1 aromatic rings. The maximum absolute atomic E-state index is 10.8. The second kappa shape index (κ2) is 5.16. The normalized spacial score (nSPS) is 31.6. The highest BCUT2D eigenvalue weighted by Crippen LogP contribution is 2.42. The molecule has 0 spiro atoms. The fourth-order valence-corrected chi connectivity index (χ4v) is 3.74. The van der Waals surface area contributed by atoms with Crippen molar-refractivity contribution in [3.05, 3.63) is 29.3 Å². The molecule has 2 aliphatic rings. The predicted octanol–water partition coefficient (Wildman–Crippen LogP) is 3.76. The first-order valence-electron chi connectivity index (χ1n) is 7.70. The molecule has 0 bridgehead atoms. The largest absolute Gasteiger partial charge is 0.388 e. The number of para-hydroxylation sites is 1. The number of rotatable bonds is 2. The SMILES string of the molecule is CC1CCC(C(O)c2cccc3c2NCC3)CC1C. The zero-order chi connectivity index (χ0) is 13.4. The van der Waals surface area contributed by atoms with Gasteiger partial charge < -0.3 is 10.4 Å². The number of benzene rings is 1. The summed E-state index contributed by atoms with van der Waals surface area (Å²) in [4.78, 5) is 0. The number of aliphatic hydroxyl groups excluding tert-OH is 1. The molecule has 0 radical (unpaired) electrons. The van der Waals surface area contributed by atoms with Crippen molar-refractivity contribution in [2.24, 2.45) is 17.8 Å². The van der Waals surface area contributed by atoms with E-state index >= 15 is 0 Å². The van der Waals surface area contributed by atoms with E-state index in [9.17, 15) is 5.11 Å². The molecule has 1 aromatic carbocycles. The second-order valence-corrected chi connectivity index (χ2v) is 6.53. The minimum absolute atomic E-state index is 0.296. The van der Waals surface area contributed by atoms with E-state index in [2.05, 4.69) is 37.4 Å². The van der Waals surface area contributed by atoms with Crippen LogP contribution in [0.1, 0.15) is 50.3 Å². The molecule has 1 aliphatic heterocycles. The van der Waals surface area contributed by atoms with Crippen LogP contribution in [0.15, 0.2) is 18.2 Å². The molecule has 0 saturated heterocycles. The van der Waals surface area contributed by atoms with Crippen LogP contribution in [0.25, 0.3) is 0 Å². The number of fused-ring (bicyclic) bond motifs is 1. The van der Waals surface area contributed by atoms with Gasteiger partial charge >= 0.3 is 0 Å². The van der Waals surface area contributed by atoms with E-state index in [1.165, 1.54) is 17.7 Å². The van der Waals surface area contributed by atoms with Gasteiger partial charge in [-0.2, -0.15) is 0 Å². The van der Waals surface area contributed by atoms with Gasteiger partial charge in [0.25, 0.3) is 0 Å². The van der Waals surface area contributed by atoms with Crippen LogP contribution in [-0.2, 0) is 6.42 Å². The van der Waals surface area contributed by atoms with Crippen LogP contribution in [0, 0.1) is 17.8 Å². The lowest BCUT2D eigenvalue weighted by Crippen LogP contribution is -2.25. The minimum Gasteiger partial charge on any atom is -0.388 e. The number of hydrogen-bond donors (Lipinski definition) is 2. The summed E-state index contributed by atoms with van der Waals surface area (Å²) in [5, 5.41) is 14.2. The Morgan fingerprint density at radius 1 is 1.21 bits per heavy atom. The Bertz CT molecular complexity index is 457. The zero-order valence-electron chi connectivity index (χ0n) is 12.0. The van der Waals surface area contributed by atoms with Crippen molar-refractivity contribution in [3.8, 4) is 0 Å². The smallest absolute Gasteiger partial charge is 0.0838 e. The fraction of sp³-hybridized carbons (Fsp3) is 0.647. The number of nitrogens with one attached hydrogen (secondary N) is 1. The van der Waals surface area contributed by atoms with E-state index in [4.69, 9.17) is 0 Å². The van der Waals surface area contributed by atoms with Gasteiger partial charge in [0.1, 0.15) is 0 Å². The molecule has 2 nitrogen and oxygen atoms in total. The Labute approximate surface area is 116 Å². The van der Waals surface area contributed by atoms with Crippen LogP contribution in [0.5, 0.6) is 0 Å². The first-order chi connectivity index (χ1) is 9.16. The Kier molecular flexibility index (Phi) is 3.53. The monoisotopic (exact) mass is 259 g/mol. The highest BCUT2D eigenvalue weighted by molar-refractivity contribution is 5.62. The molecular weight excluding hydrogens is 234 g/mol. The van der Waals surface area contributed by atoms with Gasteiger partial charge in [0.05, 0.1) is 6.10 Å². The van der Waals surface area contributed by atoms with Crippen LogP contribution in [0.3, 0.4) is 0 Å². The quantitative estimate of drug-likeness (QED) is 0.847. The molecule has 4 unspecified atom stereocenters. The van der Waals surface area contributed by atoms with Gasteiger partial charge in [-0.3, -0.25) is 0 Å². The average Bonchev–Trinajstić information content (AvgIpc) is 2.89. The summed E-state index contributed by atoms with van der Waals surface area (Å²) in [7, 11) is 0. The van der Waals surface area contributed by atoms with Gasteiger partial charge in [0.2, 0.25) is 0 Å². The van der Waals surface area contributed by atoms with Crippen LogP contribution >= 0.6 is 0 Å². The van der Waals surface area contributed by atoms with Gasteiger partial charge in [-0.15, -0.1) is 0 Å². The van der Waals surface area contributed by atoms with Crippen LogP contribution < -0.4 is 5.32 Å². The summed E-state index contributed by atoms with van der Waals surface area (Å²) < 4.78 is 0. The molecule has 1 saturated carbocycles. The average molecular weight is 259 g/mol. The van der Waals surface area contributed by atoms with Crippen molar-refractivity contribution in [3.63, 3.8) is 0 Å². The number of anilines is 1. The lowest BCUT2D eigenvalue weighted by Gasteiger charge is -2.35. The molecule has 1 aliphatic carbocycles. The third-order valence-corrected chi connectivity index (χ3v) is 5.28. The van der Waals surface area contributed by atoms with Crippen LogP contribution in [-0.4, -0.2) is 11.7 Å². The molecule has 0 amide bonds. The van der Waals surface area contributed by atoms with E-state index in [-0.39, 0.29) is 6.10 Å². The maximum atomic E-state index is 10.8. The standard InChI is InChI=1S/C17H25NO/c1-11-6-7-14(10-12(11)2)17(19)15-5-3-4-13-8-9-18-16(13)15/h3-5,11-12,14,17-19H,6-10H2,1-2H3. The van der Waals surface area contributed by atoms with Gasteiger partial charge in [0.15, 0.2) is 0 Å². The summed E-state index contributed by atoms with van der Waals surface area (Å²) >= 11 is 0. The van der Waals surface area contributed by atoms with E-state index in [0.29, 0.717) is 5.92 Å². The third-order valence-electron chi connectivity index (χ3n) is 5.28. The van der Waals surface area contributed by atoms with Crippen LogP contribution in [0.4, 0.5) is 5.69 Å². The second-order valence-electron chi connectivity index (χ2n) is 6.53. The molecule has 1 fully saturated rings. The van der Waals surface area contributed by atoms with Crippen molar-refractivity contribution >= 4 is 5.69 Å². The highest BCUT2D eigenvalue weighted by atomic mass is 16.3. The summed E-state index contributed by atoms with van der Waals surface area (Å²) in [6.45, 7) is 5.68. The van der Waals surface area contributed by atoms with Gasteiger partial charge in [-0.1, -0.05) is 38.5 Å². The van der Waals surface area contributed by atoms with Gasteiger partial charge in [-0.25, -0.2) is 0 Å². The molecule has 104 valence electrons. The summed E-state index contributed by atoms with van der Waals surface area (Å²) in [5.41, 5.74) is 3.71. The third kappa shape index (κ3) is 2.38. The molecule has 2 heteroatoms. The Hall–Kier alpha value is -1.02. The van der Waals surface area contributed by atoms with Crippen molar-refractivity contribution in [2.45, 2.75) is 45.6 Å². The number of aliphatic hydroxyl groups is 1. The molecule has 19 heavy (non-hydrogen) atoms. The lowest BCUT2D eigenvalue weighted by molar-refractivity contribution is 0.0566. The molecule has 1 heterocycles. The molecule has 4 atom stereocenters. The summed E-state index contributed by atoms with van der Waals surface area (Å²) in [6.07, 6.45) is 4.37. The predicted molar refractivity (Wildman–Crippen MR) is 79.3 cm³/mol. The van der Waals surface area contributed by atoms with E-state index < -0.39 is 0 Å². The van der Waals surface area contributed by atoms with Gasteiger partial charge in [-0.05, 0) is 42.6 Å². The Morgan fingerprint density at radius 3 is 2.84 bits per heavy atom. The van der Waals surface area contributed by atoms with E-state index in [1.807, 2.05) is 0 Å². The summed E-state index contributed by atoms with van der Waals surface area (Å²) in [5.74, 6) is 1.97. The van der Waals surface area contributed by atoms with Crippen molar-refractivity contribution in [1.29, 1.82) is 0 Å². The first kappa shape index (κ1) is 13.0. The van der Waals surface area contributed by atoms with Gasteiger partial charge in [0, 0.05) is 17.8 Å². The Morgan fingerprint density at radius 2 is 2.05 bits per heavy atom. The molecule has 0 aromatic heterocycles. The maximum Gasteiger partial charge on any atom is 0.0838 e.